The Balaban J connectivity index is 1.90. The van der Waals surface area contributed by atoms with Gasteiger partial charge < -0.3 is 9.64 Å². The largest absolute Gasteiger partial charge is 0.374 e. The lowest BCUT2D eigenvalue weighted by atomic mass is 10.2. The fourth-order valence-electron chi connectivity index (χ4n) is 2.33. The van der Waals surface area contributed by atoms with Gasteiger partial charge in [0.1, 0.15) is 5.82 Å². The van der Waals surface area contributed by atoms with Crippen LogP contribution < -0.4 is 4.90 Å². The summed E-state index contributed by atoms with van der Waals surface area (Å²) in [7, 11) is 0. The highest BCUT2D eigenvalue weighted by atomic mass is 16.5. The first-order valence-corrected chi connectivity index (χ1v) is 5.11. The third-order valence-corrected chi connectivity index (χ3v) is 3.07. The summed E-state index contributed by atoms with van der Waals surface area (Å²) in [4.78, 5) is 6.55. The van der Waals surface area contributed by atoms with Crippen LogP contribution in [0.15, 0.2) is 18.3 Å². The monoisotopic (exact) mass is 201 g/mol. The quantitative estimate of drug-likeness (QED) is 0.678. The Kier molecular flexibility index (Phi) is 1.86. The Morgan fingerprint density at radius 3 is 3.20 bits per heavy atom. The average molecular weight is 201 g/mol. The molecule has 4 nitrogen and oxygen atoms in total. The van der Waals surface area contributed by atoms with Gasteiger partial charge in [0.15, 0.2) is 0 Å². The maximum atomic E-state index is 8.82. The van der Waals surface area contributed by atoms with Crippen LogP contribution in [-0.2, 0) is 4.74 Å². The average Bonchev–Trinajstić information content (AvgIpc) is 2.91. The zero-order valence-corrected chi connectivity index (χ0v) is 8.26. The number of nitrogens with zero attached hydrogens (tertiary/aromatic N) is 3. The number of aromatic nitrogens is 1. The molecule has 76 valence electrons. The summed E-state index contributed by atoms with van der Waals surface area (Å²) in [5.74, 6) is 0.907. The molecule has 2 aliphatic heterocycles. The SMILES string of the molecule is N#Cc1ccnc(N2CC3CC2CO3)c1. The van der Waals surface area contributed by atoms with E-state index in [-0.39, 0.29) is 0 Å². The van der Waals surface area contributed by atoms with Crippen molar-refractivity contribution in [3.63, 3.8) is 0 Å². The Morgan fingerprint density at radius 2 is 2.53 bits per heavy atom. The Hall–Kier alpha value is -1.60. The van der Waals surface area contributed by atoms with Gasteiger partial charge >= 0.3 is 0 Å². The first-order valence-electron chi connectivity index (χ1n) is 5.11. The number of morpholine rings is 1. The maximum Gasteiger partial charge on any atom is 0.130 e. The fourth-order valence-corrected chi connectivity index (χ4v) is 2.33. The summed E-state index contributed by atoms with van der Waals surface area (Å²) >= 11 is 0. The molecule has 3 heterocycles. The second-order valence-electron chi connectivity index (χ2n) is 4.01. The predicted octanol–water partition coefficient (Wildman–Crippen LogP) is 0.931. The number of pyridine rings is 1. The minimum absolute atomic E-state index is 0.363. The van der Waals surface area contributed by atoms with E-state index in [1.807, 2.05) is 6.07 Å². The minimum Gasteiger partial charge on any atom is -0.374 e. The topological polar surface area (TPSA) is 49.2 Å². The first-order chi connectivity index (χ1) is 7.36. The molecular formula is C11H11N3O. The highest BCUT2D eigenvalue weighted by Gasteiger charge is 2.39. The third-order valence-electron chi connectivity index (χ3n) is 3.07. The molecule has 2 fully saturated rings. The summed E-state index contributed by atoms with van der Waals surface area (Å²) in [6.45, 7) is 1.70. The van der Waals surface area contributed by atoms with Gasteiger partial charge in [-0.05, 0) is 18.6 Å². The van der Waals surface area contributed by atoms with Gasteiger partial charge in [0.05, 0.1) is 30.4 Å². The first kappa shape index (κ1) is 8.69. The molecule has 0 N–H and O–H groups in total. The molecule has 1 aromatic rings. The number of rotatable bonds is 1. The fraction of sp³-hybridized carbons (Fsp3) is 0.455. The molecule has 3 rings (SSSR count). The van der Waals surface area contributed by atoms with Gasteiger partial charge in [-0.3, -0.25) is 0 Å². The van der Waals surface area contributed by atoms with Crippen LogP contribution in [0.2, 0.25) is 0 Å². The molecular weight excluding hydrogens is 190 g/mol. The Bertz CT molecular complexity index is 426. The van der Waals surface area contributed by atoms with Gasteiger partial charge in [-0.1, -0.05) is 0 Å². The zero-order chi connectivity index (χ0) is 10.3. The molecule has 2 atom stereocenters. The lowest BCUT2D eigenvalue weighted by molar-refractivity contribution is 0.0989. The number of ether oxygens (including phenoxy) is 1. The number of hydrogen-bond donors (Lipinski definition) is 0. The molecule has 0 radical (unpaired) electrons. The molecule has 2 saturated heterocycles. The minimum atomic E-state index is 0.363. The van der Waals surface area contributed by atoms with Crippen molar-refractivity contribution in [2.45, 2.75) is 18.6 Å². The van der Waals surface area contributed by atoms with E-state index >= 15 is 0 Å². The standard InChI is InChI=1S/C11H11N3O/c12-5-8-1-2-13-11(3-8)14-6-10-4-9(14)7-15-10/h1-3,9-10H,4,6-7H2. The third kappa shape index (κ3) is 1.36. The van der Waals surface area contributed by atoms with Gasteiger partial charge in [-0.2, -0.15) is 5.26 Å². The lowest BCUT2D eigenvalue weighted by Crippen LogP contribution is -2.37. The summed E-state index contributed by atoms with van der Waals surface area (Å²) in [6, 6.07) is 6.17. The normalized spacial score (nSPS) is 28.1. The number of hydrogen-bond acceptors (Lipinski definition) is 4. The van der Waals surface area contributed by atoms with E-state index in [2.05, 4.69) is 16.0 Å². The van der Waals surface area contributed by atoms with Gasteiger partial charge in [0.2, 0.25) is 0 Å². The van der Waals surface area contributed by atoms with E-state index in [1.54, 1.807) is 12.3 Å². The van der Waals surface area contributed by atoms with Crippen molar-refractivity contribution in [3.8, 4) is 6.07 Å². The maximum absolute atomic E-state index is 8.82. The molecule has 2 unspecified atom stereocenters. The van der Waals surface area contributed by atoms with Crippen LogP contribution in [0.25, 0.3) is 0 Å². The van der Waals surface area contributed by atoms with E-state index in [0.29, 0.717) is 17.7 Å². The summed E-state index contributed by atoms with van der Waals surface area (Å²) in [6.07, 6.45) is 3.15. The van der Waals surface area contributed by atoms with E-state index in [9.17, 15) is 0 Å². The van der Waals surface area contributed by atoms with Crippen molar-refractivity contribution in [1.29, 1.82) is 5.26 Å². The number of fused-ring (bicyclic) bond motifs is 2. The smallest absolute Gasteiger partial charge is 0.130 e. The van der Waals surface area contributed by atoms with Gasteiger partial charge in [0, 0.05) is 12.7 Å². The van der Waals surface area contributed by atoms with Crippen LogP contribution in [0.1, 0.15) is 12.0 Å². The van der Waals surface area contributed by atoms with Gasteiger partial charge in [-0.15, -0.1) is 0 Å². The zero-order valence-electron chi connectivity index (χ0n) is 8.26. The van der Waals surface area contributed by atoms with Crippen molar-refractivity contribution < 1.29 is 4.74 Å². The molecule has 0 saturated carbocycles. The summed E-state index contributed by atoms with van der Waals surface area (Å²) in [5, 5.41) is 8.82. The second kappa shape index (κ2) is 3.21. The van der Waals surface area contributed by atoms with E-state index in [4.69, 9.17) is 10.00 Å². The van der Waals surface area contributed by atoms with Crippen LogP contribution in [0.4, 0.5) is 5.82 Å². The van der Waals surface area contributed by atoms with Crippen LogP contribution in [0.3, 0.4) is 0 Å². The molecule has 0 aliphatic carbocycles. The van der Waals surface area contributed by atoms with Gasteiger partial charge in [0.25, 0.3) is 0 Å². The Labute approximate surface area is 88.1 Å². The van der Waals surface area contributed by atoms with Crippen molar-refractivity contribution in [3.05, 3.63) is 23.9 Å². The summed E-state index contributed by atoms with van der Waals surface area (Å²) in [5.41, 5.74) is 0.670. The highest BCUT2D eigenvalue weighted by molar-refractivity contribution is 5.47. The van der Waals surface area contributed by atoms with Crippen molar-refractivity contribution >= 4 is 5.82 Å². The number of anilines is 1. The van der Waals surface area contributed by atoms with E-state index in [0.717, 1.165) is 25.4 Å². The molecule has 2 aliphatic rings. The predicted molar refractivity (Wildman–Crippen MR) is 54.4 cm³/mol. The molecule has 1 aromatic heterocycles. The van der Waals surface area contributed by atoms with E-state index in [1.165, 1.54) is 0 Å². The second-order valence-corrected chi connectivity index (χ2v) is 4.01. The van der Waals surface area contributed by atoms with Crippen LogP contribution in [0, 0.1) is 11.3 Å². The van der Waals surface area contributed by atoms with Crippen molar-refractivity contribution in [2.24, 2.45) is 0 Å². The van der Waals surface area contributed by atoms with Crippen molar-refractivity contribution in [1.82, 2.24) is 4.98 Å². The van der Waals surface area contributed by atoms with Crippen LogP contribution in [0.5, 0.6) is 0 Å². The van der Waals surface area contributed by atoms with Crippen LogP contribution >= 0.6 is 0 Å². The van der Waals surface area contributed by atoms with E-state index < -0.39 is 0 Å². The van der Waals surface area contributed by atoms with Gasteiger partial charge in [-0.25, -0.2) is 4.98 Å². The molecule has 15 heavy (non-hydrogen) atoms. The lowest BCUT2D eigenvalue weighted by Gasteiger charge is -2.27. The Morgan fingerprint density at radius 1 is 1.60 bits per heavy atom. The summed E-state index contributed by atoms with van der Waals surface area (Å²) < 4.78 is 5.53. The molecule has 2 bridgehead atoms. The molecule has 0 spiro atoms. The molecule has 0 aromatic carbocycles. The molecule has 4 heteroatoms. The van der Waals surface area contributed by atoms with Crippen LogP contribution in [-0.4, -0.2) is 30.3 Å². The van der Waals surface area contributed by atoms with Crippen molar-refractivity contribution in [2.75, 3.05) is 18.1 Å². The highest BCUT2D eigenvalue weighted by Crippen LogP contribution is 2.31. The molecule has 0 amide bonds. The number of nitriles is 1.